The Morgan fingerprint density at radius 1 is 1.40 bits per heavy atom. The van der Waals surface area contributed by atoms with Crippen molar-refractivity contribution in [2.24, 2.45) is 5.14 Å². The summed E-state index contributed by atoms with van der Waals surface area (Å²) in [5, 5.41) is 11.1. The number of nitrogens with two attached hydrogens (primary N) is 1. The van der Waals surface area contributed by atoms with E-state index in [1.165, 1.54) is 18.9 Å². The van der Waals surface area contributed by atoms with Crippen LogP contribution in [-0.4, -0.2) is 26.9 Å². The Balaban J connectivity index is 1.99. The van der Waals surface area contributed by atoms with Crippen molar-refractivity contribution in [3.63, 3.8) is 0 Å². The highest BCUT2D eigenvalue weighted by atomic mass is 32.2. The number of carbonyl (C=O) groups is 1. The Hall–Kier alpha value is -1.44. The molecule has 2 rings (SSSR count). The van der Waals surface area contributed by atoms with E-state index in [-0.39, 0.29) is 10.8 Å². The maximum atomic E-state index is 11.8. The molecule has 7 heteroatoms. The largest absolute Gasteiger partial charge is 0.326 e. The van der Waals surface area contributed by atoms with Gasteiger partial charge in [0.05, 0.1) is 4.90 Å². The van der Waals surface area contributed by atoms with Crippen LogP contribution in [0.5, 0.6) is 0 Å². The minimum absolute atomic E-state index is 0.0337. The van der Waals surface area contributed by atoms with Gasteiger partial charge in [-0.05, 0) is 37.5 Å². The van der Waals surface area contributed by atoms with Gasteiger partial charge in [0.2, 0.25) is 15.9 Å². The highest BCUT2D eigenvalue weighted by molar-refractivity contribution is 7.89. The Kier molecular flexibility index (Phi) is 4.42. The smallest absolute Gasteiger partial charge is 0.238 e. The van der Waals surface area contributed by atoms with Crippen molar-refractivity contribution in [2.75, 3.05) is 11.9 Å². The summed E-state index contributed by atoms with van der Waals surface area (Å²) >= 11 is 0. The lowest BCUT2D eigenvalue weighted by molar-refractivity contribution is -0.116. The number of rotatable bonds is 6. The molecule has 0 bridgehead atoms. The first kappa shape index (κ1) is 15.0. The number of hydrogen-bond donors (Lipinski definition) is 3. The number of sulfonamides is 1. The molecule has 0 heterocycles. The third-order valence-corrected chi connectivity index (χ3v) is 4.28. The molecule has 1 amide bonds. The third kappa shape index (κ3) is 4.03. The lowest BCUT2D eigenvalue weighted by Crippen LogP contribution is -2.23. The number of amides is 1. The average molecular weight is 297 g/mol. The van der Waals surface area contributed by atoms with Crippen molar-refractivity contribution in [3.8, 4) is 0 Å². The predicted molar refractivity (Wildman–Crippen MR) is 76.8 cm³/mol. The zero-order valence-corrected chi connectivity index (χ0v) is 12.2. The van der Waals surface area contributed by atoms with Crippen molar-refractivity contribution < 1.29 is 13.2 Å². The van der Waals surface area contributed by atoms with Crippen molar-refractivity contribution in [1.82, 2.24) is 5.32 Å². The molecule has 1 aromatic rings. The van der Waals surface area contributed by atoms with Crippen LogP contribution in [0.4, 0.5) is 5.69 Å². The average Bonchev–Trinajstić information content (AvgIpc) is 3.14. The summed E-state index contributed by atoms with van der Waals surface area (Å²) in [7, 11) is -3.78. The van der Waals surface area contributed by atoms with Crippen LogP contribution in [0.15, 0.2) is 23.1 Å². The summed E-state index contributed by atoms with van der Waals surface area (Å²) in [4.78, 5) is 11.8. The molecule has 1 fully saturated rings. The zero-order valence-electron chi connectivity index (χ0n) is 11.3. The molecule has 20 heavy (non-hydrogen) atoms. The van der Waals surface area contributed by atoms with Crippen molar-refractivity contribution in [1.29, 1.82) is 0 Å². The van der Waals surface area contributed by atoms with Crippen LogP contribution < -0.4 is 15.8 Å². The van der Waals surface area contributed by atoms with E-state index in [4.69, 9.17) is 5.14 Å². The standard InChI is InChI=1S/C13H19N3O3S/c1-9-11(3-2-4-12(9)20(14,18)19)16-13(17)7-8-15-10-5-6-10/h2-4,10,15H,5-8H2,1H3,(H,16,17)(H2,14,18,19). The molecule has 1 aromatic carbocycles. The van der Waals surface area contributed by atoms with E-state index in [0.29, 0.717) is 30.3 Å². The molecule has 0 aliphatic heterocycles. The van der Waals surface area contributed by atoms with Crippen molar-refractivity contribution in [2.45, 2.75) is 37.1 Å². The second-order valence-corrected chi connectivity index (χ2v) is 6.53. The van der Waals surface area contributed by atoms with E-state index in [0.717, 1.165) is 0 Å². The molecule has 4 N–H and O–H groups in total. The van der Waals surface area contributed by atoms with E-state index in [9.17, 15) is 13.2 Å². The molecule has 0 aromatic heterocycles. The van der Waals surface area contributed by atoms with Gasteiger partial charge in [-0.15, -0.1) is 0 Å². The Morgan fingerprint density at radius 3 is 2.70 bits per heavy atom. The van der Waals surface area contributed by atoms with Gasteiger partial charge in [-0.25, -0.2) is 13.6 Å². The first-order valence-electron chi connectivity index (χ1n) is 6.53. The molecule has 0 spiro atoms. The predicted octanol–water partition coefficient (Wildman–Crippen LogP) is 0.723. The molecule has 1 aliphatic rings. The molecule has 0 unspecified atom stereocenters. The lowest BCUT2D eigenvalue weighted by Gasteiger charge is -2.11. The molecule has 1 saturated carbocycles. The Morgan fingerprint density at radius 2 is 2.10 bits per heavy atom. The van der Waals surface area contributed by atoms with Gasteiger partial charge >= 0.3 is 0 Å². The first-order valence-corrected chi connectivity index (χ1v) is 8.08. The maximum absolute atomic E-state index is 11.8. The highest BCUT2D eigenvalue weighted by Gasteiger charge is 2.20. The second-order valence-electron chi connectivity index (χ2n) is 5.00. The zero-order chi connectivity index (χ0) is 14.8. The van der Waals surface area contributed by atoms with Gasteiger partial charge in [0, 0.05) is 24.7 Å². The molecule has 0 saturated heterocycles. The van der Waals surface area contributed by atoms with E-state index < -0.39 is 10.0 Å². The fraction of sp³-hybridized carbons (Fsp3) is 0.462. The Labute approximate surface area is 118 Å². The maximum Gasteiger partial charge on any atom is 0.238 e. The summed E-state index contributed by atoms with van der Waals surface area (Å²) in [5.41, 5.74) is 0.937. The number of benzene rings is 1. The van der Waals surface area contributed by atoms with Gasteiger partial charge in [0.1, 0.15) is 0 Å². The molecular weight excluding hydrogens is 278 g/mol. The summed E-state index contributed by atoms with van der Waals surface area (Å²) in [5.74, 6) is -0.146. The fourth-order valence-corrected chi connectivity index (χ4v) is 2.75. The molecule has 0 atom stereocenters. The van der Waals surface area contributed by atoms with Gasteiger partial charge in [-0.2, -0.15) is 0 Å². The molecule has 0 radical (unpaired) electrons. The van der Waals surface area contributed by atoms with Crippen molar-refractivity contribution >= 4 is 21.6 Å². The first-order chi connectivity index (χ1) is 9.38. The number of primary sulfonamides is 1. The summed E-state index contributed by atoms with van der Waals surface area (Å²) in [6, 6.07) is 5.21. The van der Waals surface area contributed by atoms with Crippen LogP contribution >= 0.6 is 0 Å². The molecule has 1 aliphatic carbocycles. The van der Waals surface area contributed by atoms with E-state index in [1.807, 2.05) is 0 Å². The van der Waals surface area contributed by atoms with E-state index in [1.54, 1.807) is 19.1 Å². The fourth-order valence-electron chi connectivity index (χ4n) is 1.95. The molecule has 6 nitrogen and oxygen atoms in total. The minimum Gasteiger partial charge on any atom is -0.326 e. The molecular formula is C13H19N3O3S. The van der Waals surface area contributed by atoms with Gasteiger partial charge in [0.15, 0.2) is 0 Å². The number of carbonyl (C=O) groups excluding carboxylic acids is 1. The number of hydrogen-bond acceptors (Lipinski definition) is 4. The lowest BCUT2D eigenvalue weighted by atomic mass is 10.2. The van der Waals surface area contributed by atoms with Crippen molar-refractivity contribution in [3.05, 3.63) is 23.8 Å². The van der Waals surface area contributed by atoms with Crippen LogP contribution in [0.3, 0.4) is 0 Å². The second kappa shape index (κ2) is 5.90. The quantitative estimate of drug-likeness (QED) is 0.720. The topological polar surface area (TPSA) is 101 Å². The summed E-state index contributed by atoms with van der Waals surface area (Å²) in [6.45, 7) is 2.25. The van der Waals surface area contributed by atoms with Crippen LogP contribution in [0.1, 0.15) is 24.8 Å². The van der Waals surface area contributed by atoms with Crippen LogP contribution in [0.2, 0.25) is 0 Å². The van der Waals surface area contributed by atoms with Crippen LogP contribution in [0.25, 0.3) is 0 Å². The highest BCUT2D eigenvalue weighted by Crippen LogP contribution is 2.22. The van der Waals surface area contributed by atoms with Gasteiger partial charge < -0.3 is 10.6 Å². The normalized spacial score (nSPS) is 15.1. The van der Waals surface area contributed by atoms with Gasteiger partial charge in [-0.1, -0.05) is 6.07 Å². The van der Waals surface area contributed by atoms with Crippen LogP contribution in [0, 0.1) is 6.92 Å². The van der Waals surface area contributed by atoms with Gasteiger partial charge in [-0.3, -0.25) is 4.79 Å². The summed E-state index contributed by atoms with van der Waals surface area (Å²) < 4.78 is 22.8. The van der Waals surface area contributed by atoms with Crippen LogP contribution in [-0.2, 0) is 14.8 Å². The van der Waals surface area contributed by atoms with Gasteiger partial charge in [0.25, 0.3) is 0 Å². The van der Waals surface area contributed by atoms with E-state index >= 15 is 0 Å². The SMILES string of the molecule is Cc1c(NC(=O)CCNC2CC2)cccc1S(N)(=O)=O. The number of anilines is 1. The Bertz CT molecular complexity index is 609. The summed E-state index contributed by atoms with van der Waals surface area (Å²) in [6.07, 6.45) is 2.71. The minimum atomic E-state index is -3.78. The third-order valence-electron chi connectivity index (χ3n) is 3.23. The van der Waals surface area contributed by atoms with E-state index in [2.05, 4.69) is 10.6 Å². The number of nitrogens with one attached hydrogen (secondary N) is 2. The monoisotopic (exact) mass is 297 g/mol. The molecule has 110 valence electrons.